The van der Waals surface area contributed by atoms with Crippen molar-refractivity contribution >= 4 is 33.2 Å². The number of aromatic carboxylic acids is 1. The summed E-state index contributed by atoms with van der Waals surface area (Å²) in [5.74, 6) is -0.573. The Morgan fingerprint density at radius 1 is 1.44 bits per heavy atom. The summed E-state index contributed by atoms with van der Waals surface area (Å²) in [6.07, 6.45) is 0. The van der Waals surface area contributed by atoms with Crippen molar-refractivity contribution in [1.82, 2.24) is 0 Å². The molecule has 0 amide bonds. The summed E-state index contributed by atoms with van der Waals surface area (Å²) in [4.78, 5) is 11.1. The zero-order valence-electron chi connectivity index (χ0n) is 9.64. The van der Waals surface area contributed by atoms with Gasteiger partial charge < -0.3 is 9.84 Å². The fraction of sp³-hybridized carbons (Fsp3) is 0.154. The number of rotatable bonds is 4. The lowest BCUT2D eigenvalue weighted by Gasteiger charge is -2.08. The second-order valence-corrected chi connectivity index (χ2v) is 6.14. The highest BCUT2D eigenvalue weighted by Crippen LogP contribution is 2.24. The van der Waals surface area contributed by atoms with Crippen molar-refractivity contribution in [3.05, 3.63) is 50.1 Å². The first kappa shape index (κ1) is 13.1. The summed E-state index contributed by atoms with van der Waals surface area (Å²) in [6, 6.07) is 7.10. The van der Waals surface area contributed by atoms with Crippen molar-refractivity contribution in [2.24, 2.45) is 0 Å². The van der Waals surface area contributed by atoms with Crippen molar-refractivity contribution in [2.45, 2.75) is 13.5 Å². The van der Waals surface area contributed by atoms with Gasteiger partial charge in [0.15, 0.2) is 0 Å². The Balaban J connectivity index is 2.16. The van der Waals surface area contributed by atoms with Gasteiger partial charge in [-0.05, 0) is 46.4 Å². The third-order valence-corrected chi connectivity index (χ3v) is 3.93. The van der Waals surface area contributed by atoms with Gasteiger partial charge in [0.2, 0.25) is 0 Å². The van der Waals surface area contributed by atoms with Crippen LogP contribution in [0.5, 0.6) is 5.75 Å². The first-order chi connectivity index (χ1) is 8.56. The maximum absolute atomic E-state index is 11.1. The molecule has 0 fully saturated rings. The average molecular weight is 327 g/mol. The number of carboxylic acid groups (broad SMARTS) is 1. The van der Waals surface area contributed by atoms with Crippen LogP contribution in [0, 0.1) is 6.92 Å². The number of halogens is 1. The summed E-state index contributed by atoms with van der Waals surface area (Å²) < 4.78 is 6.59. The smallest absolute Gasteiger partial charge is 0.339 e. The number of carbonyl (C=O) groups is 1. The Hall–Kier alpha value is -1.33. The van der Waals surface area contributed by atoms with Crippen LogP contribution in [0.3, 0.4) is 0 Å². The fourth-order valence-electron chi connectivity index (χ4n) is 1.52. The maximum Gasteiger partial charge on any atom is 0.339 e. The van der Waals surface area contributed by atoms with Crippen LogP contribution in [0.1, 0.15) is 21.5 Å². The van der Waals surface area contributed by atoms with Crippen LogP contribution < -0.4 is 4.74 Å². The predicted octanol–water partition coefficient (Wildman–Crippen LogP) is 4.10. The molecule has 1 heterocycles. The van der Waals surface area contributed by atoms with E-state index in [4.69, 9.17) is 9.84 Å². The Bertz CT molecular complexity index is 577. The fourth-order valence-corrected chi connectivity index (χ4v) is 2.71. The quantitative estimate of drug-likeness (QED) is 0.920. The van der Waals surface area contributed by atoms with E-state index in [-0.39, 0.29) is 5.56 Å². The number of hydrogen-bond acceptors (Lipinski definition) is 3. The topological polar surface area (TPSA) is 46.5 Å². The van der Waals surface area contributed by atoms with Crippen LogP contribution in [0.2, 0.25) is 0 Å². The molecule has 1 aromatic heterocycles. The second-order valence-electron chi connectivity index (χ2n) is 3.85. The van der Waals surface area contributed by atoms with Crippen molar-refractivity contribution in [3.63, 3.8) is 0 Å². The van der Waals surface area contributed by atoms with Crippen LogP contribution in [-0.2, 0) is 6.61 Å². The molecular formula is C13H11BrO3S. The van der Waals surface area contributed by atoms with Crippen molar-refractivity contribution in [2.75, 3.05) is 0 Å². The summed E-state index contributed by atoms with van der Waals surface area (Å²) in [7, 11) is 0. The first-order valence-electron chi connectivity index (χ1n) is 5.26. The van der Waals surface area contributed by atoms with Gasteiger partial charge in [0.05, 0.1) is 3.79 Å². The van der Waals surface area contributed by atoms with E-state index in [1.807, 2.05) is 24.4 Å². The second kappa shape index (κ2) is 5.54. The van der Waals surface area contributed by atoms with Gasteiger partial charge in [-0.2, -0.15) is 0 Å². The normalized spacial score (nSPS) is 10.3. The molecule has 3 nitrogen and oxygen atoms in total. The minimum Gasteiger partial charge on any atom is -0.488 e. The van der Waals surface area contributed by atoms with Crippen LogP contribution in [-0.4, -0.2) is 11.1 Å². The molecule has 1 aromatic carbocycles. The molecule has 0 aliphatic carbocycles. The number of ether oxygens (including phenoxy) is 1. The van der Waals surface area contributed by atoms with E-state index in [0.29, 0.717) is 12.4 Å². The molecule has 0 atom stereocenters. The lowest BCUT2D eigenvalue weighted by molar-refractivity contribution is 0.0691. The molecule has 94 valence electrons. The number of thiophene rings is 1. The zero-order valence-corrected chi connectivity index (χ0v) is 12.0. The molecular weight excluding hydrogens is 316 g/mol. The average Bonchev–Trinajstić information content (AvgIpc) is 2.73. The minimum absolute atomic E-state index is 0.198. The van der Waals surface area contributed by atoms with Crippen molar-refractivity contribution in [3.8, 4) is 5.75 Å². The number of benzene rings is 1. The molecule has 0 bridgehead atoms. The highest BCUT2D eigenvalue weighted by molar-refractivity contribution is 9.11. The molecule has 5 heteroatoms. The number of carboxylic acids is 1. The monoisotopic (exact) mass is 326 g/mol. The summed E-state index contributed by atoms with van der Waals surface area (Å²) >= 11 is 4.95. The summed E-state index contributed by atoms with van der Waals surface area (Å²) in [5, 5.41) is 11.1. The van der Waals surface area contributed by atoms with Gasteiger partial charge in [-0.3, -0.25) is 0 Å². The molecule has 0 aliphatic rings. The van der Waals surface area contributed by atoms with E-state index in [9.17, 15) is 4.79 Å². The first-order valence-corrected chi connectivity index (χ1v) is 6.93. The zero-order chi connectivity index (χ0) is 13.1. The lowest BCUT2D eigenvalue weighted by Crippen LogP contribution is -2.03. The van der Waals surface area contributed by atoms with E-state index < -0.39 is 5.97 Å². The Labute approximate surface area is 117 Å². The predicted molar refractivity (Wildman–Crippen MR) is 74.5 cm³/mol. The molecule has 0 saturated carbocycles. The van der Waals surface area contributed by atoms with Crippen LogP contribution in [0.4, 0.5) is 0 Å². The largest absolute Gasteiger partial charge is 0.488 e. The van der Waals surface area contributed by atoms with E-state index in [1.54, 1.807) is 23.5 Å². The van der Waals surface area contributed by atoms with E-state index in [2.05, 4.69) is 15.9 Å². The molecule has 0 unspecified atom stereocenters. The molecule has 2 aromatic rings. The van der Waals surface area contributed by atoms with Gasteiger partial charge in [0, 0.05) is 5.56 Å². The van der Waals surface area contributed by atoms with Gasteiger partial charge in [0.1, 0.15) is 17.9 Å². The highest BCUT2D eigenvalue weighted by Gasteiger charge is 2.11. The van der Waals surface area contributed by atoms with Crippen molar-refractivity contribution < 1.29 is 14.6 Å². The van der Waals surface area contributed by atoms with Gasteiger partial charge in [-0.25, -0.2) is 4.79 Å². The lowest BCUT2D eigenvalue weighted by atomic mass is 10.1. The van der Waals surface area contributed by atoms with E-state index in [1.165, 1.54) is 0 Å². The molecule has 0 spiro atoms. The summed E-state index contributed by atoms with van der Waals surface area (Å²) in [5.41, 5.74) is 2.12. The Morgan fingerprint density at radius 3 is 2.83 bits per heavy atom. The Morgan fingerprint density at radius 2 is 2.22 bits per heavy atom. The standard InChI is InChI=1S/C13H11BrO3S/c1-8-2-3-11(10(4-8)13(15)16)17-6-9-5-12(14)18-7-9/h2-5,7H,6H2,1H3,(H,15,16). The van der Waals surface area contributed by atoms with Crippen LogP contribution in [0.15, 0.2) is 33.4 Å². The third kappa shape index (κ3) is 3.11. The van der Waals surface area contributed by atoms with Gasteiger partial charge in [-0.15, -0.1) is 11.3 Å². The molecule has 0 aliphatic heterocycles. The minimum atomic E-state index is -0.972. The molecule has 0 radical (unpaired) electrons. The van der Waals surface area contributed by atoms with E-state index >= 15 is 0 Å². The van der Waals surface area contributed by atoms with Gasteiger partial charge in [-0.1, -0.05) is 11.6 Å². The van der Waals surface area contributed by atoms with Gasteiger partial charge in [0.25, 0.3) is 0 Å². The number of hydrogen-bond donors (Lipinski definition) is 1. The third-order valence-electron chi connectivity index (χ3n) is 2.38. The van der Waals surface area contributed by atoms with Gasteiger partial charge >= 0.3 is 5.97 Å². The highest BCUT2D eigenvalue weighted by atomic mass is 79.9. The SMILES string of the molecule is Cc1ccc(OCc2csc(Br)c2)c(C(=O)O)c1. The summed E-state index contributed by atoms with van der Waals surface area (Å²) in [6.45, 7) is 2.22. The number of aryl methyl sites for hydroxylation is 1. The maximum atomic E-state index is 11.1. The van der Waals surface area contributed by atoms with E-state index in [0.717, 1.165) is 14.9 Å². The van der Waals surface area contributed by atoms with Crippen molar-refractivity contribution in [1.29, 1.82) is 0 Å². The molecule has 1 N–H and O–H groups in total. The molecule has 18 heavy (non-hydrogen) atoms. The van der Waals surface area contributed by atoms with Crippen LogP contribution >= 0.6 is 27.3 Å². The molecule has 0 saturated heterocycles. The molecule has 2 rings (SSSR count). The Kier molecular flexibility index (Phi) is 4.04. The van der Waals surface area contributed by atoms with Crippen LogP contribution in [0.25, 0.3) is 0 Å².